The monoisotopic (exact) mass is 228 g/mol. The minimum atomic E-state index is 0.415. The molecule has 0 bridgehead atoms. The number of nitrogens with zero attached hydrogens (tertiary/aromatic N) is 3. The van der Waals surface area contributed by atoms with Gasteiger partial charge >= 0.3 is 0 Å². The second-order valence-electron chi connectivity index (χ2n) is 4.20. The number of hydrogen-bond donors (Lipinski definition) is 1. The Hall–Kier alpha value is -0.680. The van der Waals surface area contributed by atoms with Gasteiger partial charge in [0.15, 0.2) is 0 Å². The van der Waals surface area contributed by atoms with Crippen molar-refractivity contribution in [3.63, 3.8) is 0 Å². The first kappa shape index (κ1) is 12.4. The van der Waals surface area contributed by atoms with Crippen LogP contribution < -0.4 is 5.32 Å². The molecule has 0 aliphatic heterocycles. The maximum atomic E-state index is 4.41. The Labute approximate surface area is 95.9 Å². The fraction of sp³-hybridized carbons (Fsp3) is 0.800. The third-order valence-corrected chi connectivity index (χ3v) is 2.70. The second-order valence-corrected chi connectivity index (χ2v) is 4.95. The van der Waals surface area contributed by atoms with Gasteiger partial charge in [0.1, 0.15) is 5.82 Å². The van der Waals surface area contributed by atoms with E-state index in [1.165, 1.54) is 11.5 Å². The van der Waals surface area contributed by atoms with Crippen molar-refractivity contribution in [2.75, 3.05) is 32.5 Å². The molecule has 1 aromatic rings. The summed E-state index contributed by atoms with van der Waals surface area (Å²) in [5, 5.41) is 4.24. The SMILES string of the molecule is CC(C)c1nsc(NCCCN(C)C)n1. The van der Waals surface area contributed by atoms with E-state index in [0.29, 0.717) is 5.92 Å². The normalized spacial score (nSPS) is 11.3. The highest BCUT2D eigenvalue weighted by molar-refractivity contribution is 7.09. The zero-order valence-corrected chi connectivity index (χ0v) is 10.8. The van der Waals surface area contributed by atoms with Gasteiger partial charge in [0.25, 0.3) is 0 Å². The van der Waals surface area contributed by atoms with E-state index in [9.17, 15) is 0 Å². The predicted octanol–water partition coefficient (Wildman–Crippen LogP) is 2.03. The Bertz CT molecular complexity index is 283. The van der Waals surface area contributed by atoms with Crippen LogP contribution in [0.5, 0.6) is 0 Å². The van der Waals surface area contributed by atoms with Gasteiger partial charge in [-0.15, -0.1) is 0 Å². The van der Waals surface area contributed by atoms with Gasteiger partial charge in [0.2, 0.25) is 5.13 Å². The Balaban J connectivity index is 2.26. The third kappa shape index (κ3) is 4.57. The molecule has 0 radical (unpaired) electrons. The highest BCUT2D eigenvalue weighted by atomic mass is 32.1. The van der Waals surface area contributed by atoms with Crippen LogP contribution in [0.15, 0.2) is 0 Å². The topological polar surface area (TPSA) is 41.1 Å². The molecule has 0 spiro atoms. The maximum Gasteiger partial charge on any atom is 0.202 e. The van der Waals surface area contributed by atoms with Crippen molar-refractivity contribution in [3.05, 3.63) is 5.82 Å². The summed E-state index contributed by atoms with van der Waals surface area (Å²) in [5.41, 5.74) is 0. The van der Waals surface area contributed by atoms with E-state index < -0.39 is 0 Å². The summed E-state index contributed by atoms with van der Waals surface area (Å²) >= 11 is 1.45. The van der Waals surface area contributed by atoms with Crippen LogP contribution in [0.25, 0.3) is 0 Å². The first-order valence-electron chi connectivity index (χ1n) is 5.32. The lowest BCUT2D eigenvalue weighted by molar-refractivity contribution is 0.405. The molecule has 0 amide bonds. The Morgan fingerprint density at radius 3 is 2.67 bits per heavy atom. The molecule has 5 heteroatoms. The minimum absolute atomic E-state index is 0.415. The molecule has 0 atom stereocenters. The lowest BCUT2D eigenvalue weighted by Gasteiger charge is -2.08. The van der Waals surface area contributed by atoms with Crippen molar-refractivity contribution < 1.29 is 0 Å². The first-order chi connectivity index (χ1) is 7.09. The van der Waals surface area contributed by atoms with Crippen LogP contribution in [0.2, 0.25) is 0 Å². The summed E-state index contributed by atoms with van der Waals surface area (Å²) < 4.78 is 4.29. The van der Waals surface area contributed by atoms with Crippen LogP contribution >= 0.6 is 11.5 Å². The Morgan fingerprint density at radius 2 is 2.13 bits per heavy atom. The van der Waals surface area contributed by atoms with Crippen LogP contribution in [0, 0.1) is 0 Å². The van der Waals surface area contributed by atoms with Gasteiger partial charge in [-0.2, -0.15) is 4.37 Å². The molecule has 0 aliphatic carbocycles. The average molecular weight is 228 g/mol. The zero-order chi connectivity index (χ0) is 11.3. The maximum absolute atomic E-state index is 4.41. The number of anilines is 1. The van der Waals surface area contributed by atoms with Crippen LogP contribution in [0.4, 0.5) is 5.13 Å². The molecule has 4 nitrogen and oxygen atoms in total. The molecule has 1 aromatic heterocycles. The minimum Gasteiger partial charge on any atom is -0.360 e. The van der Waals surface area contributed by atoms with Crippen molar-refractivity contribution in [3.8, 4) is 0 Å². The van der Waals surface area contributed by atoms with E-state index in [-0.39, 0.29) is 0 Å². The molecule has 0 saturated carbocycles. The van der Waals surface area contributed by atoms with Gasteiger partial charge in [0, 0.05) is 24.0 Å². The molecule has 1 rings (SSSR count). The summed E-state index contributed by atoms with van der Waals surface area (Å²) in [6, 6.07) is 0. The summed E-state index contributed by atoms with van der Waals surface area (Å²) in [5.74, 6) is 1.36. The van der Waals surface area contributed by atoms with Gasteiger partial charge in [-0.1, -0.05) is 13.8 Å². The molecule has 0 unspecified atom stereocenters. The predicted molar refractivity (Wildman–Crippen MR) is 65.7 cm³/mol. The highest BCUT2D eigenvalue weighted by Gasteiger charge is 2.06. The molecule has 1 heterocycles. The van der Waals surface area contributed by atoms with Gasteiger partial charge < -0.3 is 10.2 Å². The van der Waals surface area contributed by atoms with Crippen molar-refractivity contribution in [2.24, 2.45) is 0 Å². The molecule has 15 heavy (non-hydrogen) atoms. The Morgan fingerprint density at radius 1 is 1.40 bits per heavy atom. The van der Waals surface area contributed by atoms with E-state index in [1.807, 2.05) is 0 Å². The van der Waals surface area contributed by atoms with Crippen LogP contribution in [-0.4, -0.2) is 41.4 Å². The van der Waals surface area contributed by atoms with Gasteiger partial charge in [-0.3, -0.25) is 0 Å². The summed E-state index contributed by atoms with van der Waals surface area (Å²) in [4.78, 5) is 6.59. The van der Waals surface area contributed by atoms with Gasteiger partial charge in [0.05, 0.1) is 0 Å². The molecule has 0 aliphatic rings. The molecule has 0 saturated heterocycles. The third-order valence-electron chi connectivity index (χ3n) is 2.02. The van der Waals surface area contributed by atoms with Crippen LogP contribution in [-0.2, 0) is 0 Å². The van der Waals surface area contributed by atoms with Crippen molar-refractivity contribution in [1.29, 1.82) is 0 Å². The van der Waals surface area contributed by atoms with Crippen molar-refractivity contribution >= 4 is 16.7 Å². The zero-order valence-electron chi connectivity index (χ0n) is 9.95. The van der Waals surface area contributed by atoms with E-state index >= 15 is 0 Å². The quantitative estimate of drug-likeness (QED) is 0.756. The van der Waals surface area contributed by atoms with Crippen LogP contribution in [0.3, 0.4) is 0 Å². The standard InChI is InChI=1S/C10H20N4S/c1-8(2)9-12-10(15-13-9)11-6-5-7-14(3)4/h8H,5-7H2,1-4H3,(H,11,12,13). The molecule has 0 fully saturated rings. The molecule has 1 N–H and O–H groups in total. The summed E-state index contributed by atoms with van der Waals surface area (Å²) in [7, 11) is 4.17. The van der Waals surface area contributed by atoms with Crippen molar-refractivity contribution in [1.82, 2.24) is 14.3 Å². The van der Waals surface area contributed by atoms with E-state index in [2.05, 4.69) is 47.5 Å². The highest BCUT2D eigenvalue weighted by Crippen LogP contribution is 2.16. The Kier molecular flexibility index (Phi) is 4.98. The van der Waals surface area contributed by atoms with Crippen molar-refractivity contribution in [2.45, 2.75) is 26.2 Å². The molecule has 0 aromatic carbocycles. The first-order valence-corrected chi connectivity index (χ1v) is 6.09. The second kappa shape index (κ2) is 6.02. The largest absolute Gasteiger partial charge is 0.360 e. The average Bonchev–Trinajstić information content (AvgIpc) is 2.60. The van der Waals surface area contributed by atoms with Gasteiger partial charge in [-0.25, -0.2) is 4.98 Å². The van der Waals surface area contributed by atoms with Gasteiger partial charge in [-0.05, 0) is 27.1 Å². The van der Waals surface area contributed by atoms with E-state index in [0.717, 1.165) is 30.5 Å². The fourth-order valence-electron chi connectivity index (χ4n) is 1.13. The number of nitrogens with one attached hydrogen (secondary N) is 1. The molecular formula is C10H20N4S. The summed E-state index contributed by atoms with van der Waals surface area (Å²) in [6.45, 7) is 6.28. The van der Waals surface area contributed by atoms with E-state index in [4.69, 9.17) is 0 Å². The van der Waals surface area contributed by atoms with E-state index in [1.54, 1.807) is 0 Å². The fourth-order valence-corrected chi connectivity index (χ4v) is 1.86. The lowest BCUT2D eigenvalue weighted by Crippen LogP contribution is -2.16. The summed E-state index contributed by atoms with van der Waals surface area (Å²) in [6.07, 6.45) is 1.13. The molecule has 86 valence electrons. The van der Waals surface area contributed by atoms with Crippen LogP contribution in [0.1, 0.15) is 32.0 Å². The smallest absolute Gasteiger partial charge is 0.202 e. The number of hydrogen-bond acceptors (Lipinski definition) is 5. The lowest BCUT2D eigenvalue weighted by atomic mass is 10.2. The number of rotatable bonds is 6. The molecular weight excluding hydrogens is 208 g/mol. The number of aromatic nitrogens is 2.